The Morgan fingerprint density at radius 2 is 2.00 bits per heavy atom. The van der Waals surface area contributed by atoms with Crippen molar-refractivity contribution in [3.05, 3.63) is 35.4 Å². The first-order valence-corrected chi connectivity index (χ1v) is 4.92. The van der Waals surface area contributed by atoms with Crippen molar-refractivity contribution in [1.29, 1.82) is 0 Å². The zero-order chi connectivity index (χ0) is 8.97. The van der Waals surface area contributed by atoms with Gasteiger partial charge in [-0.1, -0.05) is 41.6 Å². The second-order valence-corrected chi connectivity index (χ2v) is 4.03. The number of hydrogen-bond donors (Lipinski definition) is 0. The van der Waals surface area contributed by atoms with Crippen molar-refractivity contribution in [3.8, 4) is 0 Å². The number of thioether (sulfide) groups is 1. The lowest BCUT2D eigenvalue weighted by Crippen LogP contribution is -1.82. The molecule has 0 aromatic heterocycles. The molecule has 3 heteroatoms. The Morgan fingerprint density at radius 3 is 2.50 bits per heavy atom. The summed E-state index contributed by atoms with van der Waals surface area (Å²) >= 11 is 6.30. The molecular formula is C9H9ClOS. The van der Waals surface area contributed by atoms with Gasteiger partial charge in [0.1, 0.15) is 0 Å². The summed E-state index contributed by atoms with van der Waals surface area (Å²) in [7, 11) is 0. The Kier molecular flexibility index (Phi) is 3.63. The molecule has 0 atom stereocenters. The Hall–Kier alpha value is -0.470. The fraction of sp³-hybridized carbons (Fsp3) is 0.222. The van der Waals surface area contributed by atoms with E-state index in [2.05, 4.69) is 0 Å². The predicted molar refractivity (Wildman–Crippen MR) is 53.7 cm³/mol. The van der Waals surface area contributed by atoms with Gasteiger partial charge in [-0.05, 0) is 24.1 Å². The number of carbonyl (C=O) groups is 1. The minimum absolute atomic E-state index is 0.351. The summed E-state index contributed by atoms with van der Waals surface area (Å²) in [5.74, 6) is 0.655. The summed E-state index contributed by atoms with van der Waals surface area (Å²) in [6.07, 6.45) is 0. The lowest BCUT2D eigenvalue weighted by atomic mass is 10.2. The normalized spacial score (nSPS) is 9.83. The highest BCUT2D eigenvalue weighted by molar-refractivity contribution is 8.15. The van der Waals surface area contributed by atoms with Crippen molar-refractivity contribution in [3.63, 3.8) is 0 Å². The molecule has 1 aromatic rings. The third-order valence-corrected chi connectivity index (χ3v) is 2.50. The molecule has 64 valence electrons. The van der Waals surface area contributed by atoms with Crippen LogP contribution in [0.4, 0.5) is 4.79 Å². The summed E-state index contributed by atoms with van der Waals surface area (Å²) in [6, 6.07) is 8.05. The van der Waals surface area contributed by atoms with Crippen molar-refractivity contribution in [2.24, 2.45) is 0 Å². The minimum Gasteiger partial charge on any atom is -0.268 e. The van der Waals surface area contributed by atoms with Gasteiger partial charge >= 0.3 is 0 Å². The summed E-state index contributed by atoms with van der Waals surface area (Å²) in [6.45, 7) is 2.03. The summed E-state index contributed by atoms with van der Waals surface area (Å²) in [4.78, 5) is 10.4. The van der Waals surface area contributed by atoms with E-state index in [0.717, 1.165) is 17.3 Å². The third-order valence-electron chi connectivity index (χ3n) is 1.47. The molecule has 0 amide bonds. The maximum Gasteiger partial charge on any atom is 0.279 e. The van der Waals surface area contributed by atoms with Crippen molar-refractivity contribution >= 4 is 27.9 Å². The highest BCUT2D eigenvalue weighted by Crippen LogP contribution is 2.15. The van der Waals surface area contributed by atoms with E-state index < -0.39 is 0 Å². The minimum atomic E-state index is -0.351. The molecule has 12 heavy (non-hydrogen) atoms. The van der Waals surface area contributed by atoms with Crippen LogP contribution < -0.4 is 0 Å². The van der Waals surface area contributed by atoms with E-state index >= 15 is 0 Å². The molecule has 1 rings (SSSR count). The van der Waals surface area contributed by atoms with Crippen LogP contribution in [-0.4, -0.2) is 4.57 Å². The Bertz CT molecular complexity index is 268. The monoisotopic (exact) mass is 200 g/mol. The van der Waals surface area contributed by atoms with E-state index in [0.29, 0.717) is 5.75 Å². The first-order chi connectivity index (χ1) is 5.68. The summed E-state index contributed by atoms with van der Waals surface area (Å²) in [5.41, 5.74) is 2.35. The molecule has 0 aliphatic heterocycles. The molecule has 0 N–H and O–H groups in total. The van der Waals surface area contributed by atoms with E-state index in [1.54, 1.807) is 0 Å². The largest absolute Gasteiger partial charge is 0.279 e. The van der Waals surface area contributed by atoms with Crippen molar-refractivity contribution in [2.75, 3.05) is 0 Å². The van der Waals surface area contributed by atoms with Crippen LogP contribution >= 0.6 is 23.4 Å². The van der Waals surface area contributed by atoms with Gasteiger partial charge in [-0.15, -0.1) is 0 Å². The van der Waals surface area contributed by atoms with Gasteiger partial charge in [-0.25, -0.2) is 0 Å². The standard InChI is InChI=1S/C9H9ClOS/c1-7-2-4-8(5-3-7)6-12-9(10)11/h2-5H,6H2,1H3. The summed E-state index contributed by atoms with van der Waals surface area (Å²) < 4.78 is -0.351. The Labute approximate surface area is 81.1 Å². The van der Waals surface area contributed by atoms with E-state index in [1.807, 2.05) is 31.2 Å². The number of hydrogen-bond acceptors (Lipinski definition) is 2. The quantitative estimate of drug-likeness (QED) is 0.679. The molecule has 0 spiro atoms. The first-order valence-electron chi connectivity index (χ1n) is 3.56. The number of carbonyl (C=O) groups excluding carboxylic acids is 1. The van der Waals surface area contributed by atoms with Crippen molar-refractivity contribution in [2.45, 2.75) is 12.7 Å². The van der Waals surface area contributed by atoms with Gasteiger partial charge in [0.2, 0.25) is 0 Å². The van der Waals surface area contributed by atoms with Gasteiger partial charge in [0.25, 0.3) is 4.57 Å². The molecule has 0 fully saturated rings. The lowest BCUT2D eigenvalue weighted by Gasteiger charge is -1.97. The van der Waals surface area contributed by atoms with Crippen LogP contribution in [0.3, 0.4) is 0 Å². The highest BCUT2D eigenvalue weighted by Gasteiger charge is 1.97. The van der Waals surface area contributed by atoms with Crippen LogP contribution in [0.5, 0.6) is 0 Å². The predicted octanol–water partition coefficient (Wildman–Crippen LogP) is 3.59. The van der Waals surface area contributed by atoms with Gasteiger partial charge in [-0.3, -0.25) is 4.79 Å². The zero-order valence-electron chi connectivity index (χ0n) is 6.71. The van der Waals surface area contributed by atoms with Gasteiger partial charge < -0.3 is 0 Å². The fourth-order valence-electron chi connectivity index (χ4n) is 0.824. The maximum atomic E-state index is 10.4. The van der Waals surface area contributed by atoms with E-state index in [-0.39, 0.29) is 4.57 Å². The Balaban J connectivity index is 2.53. The number of aryl methyl sites for hydroxylation is 1. The number of benzene rings is 1. The lowest BCUT2D eigenvalue weighted by molar-refractivity contribution is 0.276. The second-order valence-electron chi connectivity index (χ2n) is 2.51. The van der Waals surface area contributed by atoms with Gasteiger partial charge in [0.15, 0.2) is 0 Å². The topological polar surface area (TPSA) is 17.1 Å². The summed E-state index contributed by atoms with van der Waals surface area (Å²) in [5, 5.41) is 0. The number of rotatable bonds is 2. The van der Waals surface area contributed by atoms with Gasteiger partial charge in [0, 0.05) is 5.75 Å². The molecule has 0 saturated carbocycles. The smallest absolute Gasteiger partial charge is 0.268 e. The van der Waals surface area contributed by atoms with Crippen LogP contribution in [0.1, 0.15) is 11.1 Å². The van der Waals surface area contributed by atoms with Crippen molar-refractivity contribution < 1.29 is 4.79 Å². The zero-order valence-corrected chi connectivity index (χ0v) is 8.28. The first kappa shape index (κ1) is 9.62. The van der Waals surface area contributed by atoms with Crippen LogP contribution in [0.15, 0.2) is 24.3 Å². The molecule has 1 nitrogen and oxygen atoms in total. The molecular weight excluding hydrogens is 192 g/mol. The highest BCUT2D eigenvalue weighted by atomic mass is 35.5. The van der Waals surface area contributed by atoms with Crippen molar-refractivity contribution in [1.82, 2.24) is 0 Å². The van der Waals surface area contributed by atoms with Gasteiger partial charge in [-0.2, -0.15) is 0 Å². The molecule has 1 aromatic carbocycles. The van der Waals surface area contributed by atoms with E-state index in [1.165, 1.54) is 5.56 Å². The second kappa shape index (κ2) is 4.53. The van der Waals surface area contributed by atoms with Crippen LogP contribution in [0, 0.1) is 6.92 Å². The van der Waals surface area contributed by atoms with E-state index in [9.17, 15) is 4.79 Å². The molecule has 0 radical (unpaired) electrons. The number of halogens is 1. The molecule has 0 aliphatic carbocycles. The molecule has 0 unspecified atom stereocenters. The maximum absolute atomic E-state index is 10.4. The average Bonchev–Trinajstić information content (AvgIpc) is 2.03. The molecule has 0 aliphatic rings. The molecule has 0 bridgehead atoms. The molecule has 0 saturated heterocycles. The van der Waals surface area contributed by atoms with E-state index in [4.69, 9.17) is 11.6 Å². The SMILES string of the molecule is Cc1ccc(CSC(=O)Cl)cc1. The van der Waals surface area contributed by atoms with Gasteiger partial charge in [0.05, 0.1) is 0 Å². The van der Waals surface area contributed by atoms with Crippen LogP contribution in [0.2, 0.25) is 0 Å². The third kappa shape index (κ3) is 3.28. The van der Waals surface area contributed by atoms with Crippen LogP contribution in [-0.2, 0) is 5.75 Å². The fourth-order valence-corrected chi connectivity index (χ4v) is 1.46. The average molecular weight is 201 g/mol. The molecule has 0 heterocycles. The Morgan fingerprint density at radius 1 is 1.42 bits per heavy atom. The van der Waals surface area contributed by atoms with Crippen LogP contribution in [0.25, 0.3) is 0 Å².